The Kier molecular flexibility index (Phi) is 8.52. The fourth-order valence-corrected chi connectivity index (χ4v) is 4.15. The third-order valence-corrected chi connectivity index (χ3v) is 5.73. The van der Waals surface area contributed by atoms with Crippen LogP contribution in [0.2, 0.25) is 0 Å². The van der Waals surface area contributed by atoms with Crippen LogP contribution in [0.15, 0.2) is 24.3 Å². The normalized spacial score (nSPS) is 11.6. The molecule has 1 aromatic heterocycles. The number of hydrogen-bond acceptors (Lipinski definition) is 4. The second kappa shape index (κ2) is 10.6. The number of nitrogens with zero attached hydrogens (tertiary/aromatic N) is 3. The molecule has 0 atom stereocenters. The second-order valence-electron chi connectivity index (χ2n) is 7.19. The van der Waals surface area contributed by atoms with Gasteiger partial charge in [0.2, 0.25) is 5.91 Å². The second-order valence-corrected chi connectivity index (χ2v) is 8.30. The molecule has 0 saturated heterocycles. The van der Waals surface area contributed by atoms with Crippen LogP contribution in [0.4, 0.5) is 0 Å². The fraction of sp³-hybridized carbons (Fsp3) is 0.619. The molecule has 0 bridgehead atoms. The van der Waals surface area contributed by atoms with Crippen molar-refractivity contribution in [2.24, 2.45) is 5.92 Å². The number of hydrogen-bond donors (Lipinski definition) is 0. The number of fused-ring (bicyclic) bond motifs is 1. The molecule has 1 aromatic carbocycles. The standard InChI is InChI=1S/C21H33N3OS/c1-5-23(6-2)14-15-24(16-17(3)4)21(25)13-9-12-20-22-18-10-7-8-11-19(18)26-20/h7-8,10-11,17H,5-6,9,12-16H2,1-4H3. The van der Waals surface area contributed by atoms with Crippen LogP contribution in [0.5, 0.6) is 0 Å². The molecule has 0 radical (unpaired) electrons. The molecule has 0 fully saturated rings. The van der Waals surface area contributed by atoms with Gasteiger partial charge in [0.1, 0.15) is 0 Å². The summed E-state index contributed by atoms with van der Waals surface area (Å²) in [6.45, 7) is 13.4. The van der Waals surface area contributed by atoms with Gasteiger partial charge in [-0.3, -0.25) is 4.79 Å². The average Bonchev–Trinajstić information content (AvgIpc) is 3.03. The number of aromatic nitrogens is 1. The highest BCUT2D eigenvalue weighted by Gasteiger charge is 2.16. The molecule has 0 aliphatic rings. The molecule has 0 aliphatic carbocycles. The van der Waals surface area contributed by atoms with Crippen LogP contribution in [0, 0.1) is 5.92 Å². The Morgan fingerprint density at radius 3 is 2.54 bits per heavy atom. The van der Waals surface area contributed by atoms with E-state index < -0.39 is 0 Å². The fourth-order valence-electron chi connectivity index (χ4n) is 3.14. The van der Waals surface area contributed by atoms with Crippen molar-refractivity contribution in [1.29, 1.82) is 0 Å². The molecule has 0 unspecified atom stereocenters. The first kappa shape index (κ1) is 20.8. The highest BCUT2D eigenvalue weighted by Crippen LogP contribution is 2.22. The van der Waals surface area contributed by atoms with E-state index in [1.807, 2.05) is 12.1 Å². The molecule has 2 aromatic rings. The van der Waals surface area contributed by atoms with E-state index in [4.69, 9.17) is 0 Å². The van der Waals surface area contributed by atoms with E-state index in [9.17, 15) is 4.79 Å². The van der Waals surface area contributed by atoms with Crippen LogP contribution in [-0.2, 0) is 11.2 Å². The molecular formula is C21H33N3OS. The number of carbonyl (C=O) groups is 1. The van der Waals surface area contributed by atoms with Gasteiger partial charge in [-0.05, 0) is 44.0 Å². The largest absolute Gasteiger partial charge is 0.341 e. The predicted octanol–water partition coefficient (Wildman–Crippen LogP) is 4.45. The van der Waals surface area contributed by atoms with E-state index in [1.54, 1.807) is 11.3 Å². The number of carbonyl (C=O) groups excluding carboxylic acids is 1. The molecule has 0 aliphatic heterocycles. The molecule has 0 spiro atoms. The summed E-state index contributed by atoms with van der Waals surface area (Å²) in [4.78, 5) is 21.8. The first-order chi connectivity index (χ1) is 12.5. The van der Waals surface area contributed by atoms with Crippen LogP contribution < -0.4 is 0 Å². The highest BCUT2D eigenvalue weighted by molar-refractivity contribution is 7.18. The third kappa shape index (κ3) is 6.36. The van der Waals surface area contributed by atoms with Crippen LogP contribution >= 0.6 is 11.3 Å². The van der Waals surface area contributed by atoms with Gasteiger partial charge < -0.3 is 9.80 Å². The van der Waals surface area contributed by atoms with Gasteiger partial charge in [0.05, 0.1) is 15.2 Å². The highest BCUT2D eigenvalue weighted by atomic mass is 32.1. The molecule has 0 N–H and O–H groups in total. The Balaban J connectivity index is 1.84. The number of rotatable bonds is 11. The number of aryl methyl sites for hydroxylation is 1. The maximum absolute atomic E-state index is 12.7. The van der Waals surface area contributed by atoms with E-state index in [1.165, 1.54) is 4.70 Å². The van der Waals surface area contributed by atoms with Gasteiger partial charge >= 0.3 is 0 Å². The van der Waals surface area contributed by atoms with E-state index >= 15 is 0 Å². The van der Waals surface area contributed by atoms with Crippen LogP contribution in [0.1, 0.15) is 45.5 Å². The minimum Gasteiger partial charge on any atom is -0.341 e. The van der Waals surface area contributed by atoms with E-state index in [0.29, 0.717) is 12.3 Å². The summed E-state index contributed by atoms with van der Waals surface area (Å²) in [6, 6.07) is 8.24. The van der Waals surface area contributed by atoms with Gasteiger partial charge in [0, 0.05) is 26.1 Å². The van der Waals surface area contributed by atoms with Gasteiger partial charge in [0.25, 0.3) is 0 Å². The first-order valence-corrected chi connectivity index (χ1v) is 10.7. The molecule has 1 heterocycles. The number of benzene rings is 1. The zero-order chi connectivity index (χ0) is 18.9. The van der Waals surface area contributed by atoms with Gasteiger partial charge in [-0.2, -0.15) is 0 Å². The van der Waals surface area contributed by atoms with Crippen molar-refractivity contribution in [2.45, 2.75) is 47.0 Å². The van der Waals surface area contributed by atoms with Crippen molar-refractivity contribution < 1.29 is 4.79 Å². The quantitative estimate of drug-likeness (QED) is 0.582. The van der Waals surface area contributed by atoms with E-state index in [2.05, 4.69) is 54.6 Å². The summed E-state index contributed by atoms with van der Waals surface area (Å²) < 4.78 is 1.23. The topological polar surface area (TPSA) is 36.4 Å². The Bertz CT molecular complexity index is 646. The van der Waals surface area contributed by atoms with Gasteiger partial charge in [0.15, 0.2) is 0 Å². The number of likely N-dealkylation sites (N-methyl/N-ethyl adjacent to an activating group) is 1. The molecule has 1 amide bonds. The Morgan fingerprint density at radius 1 is 1.15 bits per heavy atom. The summed E-state index contributed by atoms with van der Waals surface area (Å²) in [5, 5.41) is 1.14. The summed E-state index contributed by atoms with van der Waals surface area (Å²) in [7, 11) is 0. The Hall–Kier alpha value is -1.46. The monoisotopic (exact) mass is 375 g/mol. The third-order valence-electron chi connectivity index (χ3n) is 4.64. The summed E-state index contributed by atoms with van der Waals surface area (Å²) in [5.74, 6) is 0.784. The number of thiazole rings is 1. The van der Waals surface area contributed by atoms with Crippen molar-refractivity contribution in [3.63, 3.8) is 0 Å². The molecule has 0 saturated carbocycles. The predicted molar refractivity (Wildman–Crippen MR) is 112 cm³/mol. The zero-order valence-corrected chi connectivity index (χ0v) is 17.5. The van der Waals surface area contributed by atoms with Gasteiger partial charge in [-0.25, -0.2) is 4.98 Å². The van der Waals surface area contributed by atoms with Gasteiger partial charge in [-0.15, -0.1) is 11.3 Å². The minimum absolute atomic E-state index is 0.284. The smallest absolute Gasteiger partial charge is 0.222 e. The minimum atomic E-state index is 0.284. The molecular weight excluding hydrogens is 342 g/mol. The maximum Gasteiger partial charge on any atom is 0.222 e. The van der Waals surface area contributed by atoms with Crippen molar-refractivity contribution in [2.75, 3.05) is 32.7 Å². The van der Waals surface area contributed by atoms with E-state index in [-0.39, 0.29) is 5.91 Å². The molecule has 144 valence electrons. The summed E-state index contributed by atoms with van der Waals surface area (Å²) in [5.41, 5.74) is 1.07. The van der Waals surface area contributed by atoms with Gasteiger partial charge in [-0.1, -0.05) is 39.8 Å². The van der Waals surface area contributed by atoms with Crippen LogP contribution in [-0.4, -0.2) is 53.4 Å². The molecule has 5 heteroatoms. The van der Waals surface area contributed by atoms with Crippen molar-refractivity contribution >= 4 is 27.5 Å². The number of amides is 1. The van der Waals surface area contributed by atoms with Crippen LogP contribution in [0.3, 0.4) is 0 Å². The lowest BCUT2D eigenvalue weighted by atomic mass is 10.1. The van der Waals surface area contributed by atoms with Crippen molar-refractivity contribution in [3.8, 4) is 0 Å². The Morgan fingerprint density at radius 2 is 1.88 bits per heavy atom. The lowest BCUT2D eigenvalue weighted by molar-refractivity contribution is -0.132. The first-order valence-electron chi connectivity index (χ1n) is 9.88. The lowest BCUT2D eigenvalue weighted by Crippen LogP contribution is -2.40. The molecule has 2 rings (SSSR count). The average molecular weight is 376 g/mol. The summed E-state index contributed by atoms with van der Waals surface area (Å²) >= 11 is 1.75. The molecule has 4 nitrogen and oxygen atoms in total. The molecule has 26 heavy (non-hydrogen) atoms. The maximum atomic E-state index is 12.7. The lowest BCUT2D eigenvalue weighted by Gasteiger charge is -2.28. The van der Waals surface area contributed by atoms with E-state index in [0.717, 1.165) is 56.1 Å². The Labute approximate surface area is 162 Å². The number of para-hydroxylation sites is 1. The van der Waals surface area contributed by atoms with Crippen LogP contribution in [0.25, 0.3) is 10.2 Å². The van der Waals surface area contributed by atoms with Crippen molar-refractivity contribution in [1.82, 2.24) is 14.8 Å². The SMILES string of the molecule is CCN(CC)CCN(CC(C)C)C(=O)CCCc1nc2ccccc2s1. The zero-order valence-electron chi connectivity index (χ0n) is 16.7. The summed E-state index contributed by atoms with van der Waals surface area (Å²) in [6.07, 6.45) is 2.37. The van der Waals surface area contributed by atoms with Crippen molar-refractivity contribution in [3.05, 3.63) is 29.3 Å².